The number of carboxylic acid groups (broad SMARTS) is 1. The van der Waals surface area contributed by atoms with E-state index in [0.29, 0.717) is 6.54 Å². The third-order valence-electron chi connectivity index (χ3n) is 2.06. The second-order valence-corrected chi connectivity index (χ2v) is 2.71. The maximum absolute atomic E-state index is 10.5. The molecule has 1 fully saturated rings. The van der Waals surface area contributed by atoms with Gasteiger partial charge in [-0.05, 0) is 12.8 Å². The van der Waals surface area contributed by atoms with Crippen molar-refractivity contribution in [3.8, 4) is 12.3 Å². The fourth-order valence-electron chi connectivity index (χ4n) is 1.23. The van der Waals surface area contributed by atoms with Crippen LogP contribution in [0.25, 0.3) is 0 Å². The van der Waals surface area contributed by atoms with Crippen LogP contribution in [0.4, 0.5) is 0 Å². The van der Waals surface area contributed by atoms with Crippen LogP contribution in [0.15, 0.2) is 0 Å². The van der Waals surface area contributed by atoms with Gasteiger partial charge in [0.05, 0.1) is 12.5 Å². The van der Waals surface area contributed by atoms with Gasteiger partial charge in [0.15, 0.2) is 0 Å². The zero-order valence-electron chi connectivity index (χ0n) is 6.21. The summed E-state index contributed by atoms with van der Waals surface area (Å²) < 4.78 is 0. The Bertz CT molecular complexity index is 195. The van der Waals surface area contributed by atoms with E-state index >= 15 is 0 Å². The van der Waals surface area contributed by atoms with Crippen molar-refractivity contribution in [3.05, 3.63) is 0 Å². The van der Waals surface area contributed by atoms with Crippen molar-refractivity contribution in [3.63, 3.8) is 0 Å². The molecule has 0 radical (unpaired) electrons. The Labute approximate surface area is 65.8 Å². The highest BCUT2D eigenvalue weighted by molar-refractivity contribution is 5.72. The van der Waals surface area contributed by atoms with Crippen LogP contribution >= 0.6 is 0 Å². The van der Waals surface area contributed by atoms with Crippen LogP contribution in [-0.2, 0) is 4.79 Å². The molecule has 1 rings (SSSR count). The minimum absolute atomic E-state index is 0.101. The highest BCUT2D eigenvalue weighted by atomic mass is 16.4. The summed E-state index contributed by atoms with van der Waals surface area (Å²) in [5, 5.41) is 11.6. The van der Waals surface area contributed by atoms with Crippen molar-refractivity contribution in [1.29, 1.82) is 0 Å². The van der Waals surface area contributed by atoms with Crippen molar-refractivity contribution >= 4 is 5.97 Å². The molecule has 1 saturated carbocycles. The minimum Gasteiger partial charge on any atom is -0.481 e. The lowest BCUT2D eigenvalue weighted by molar-refractivity contribution is -0.145. The fraction of sp³-hybridized carbons (Fsp3) is 0.625. The molecule has 0 heterocycles. The average molecular weight is 153 g/mol. The molecule has 0 bridgehead atoms. The number of hydrogen-bond donors (Lipinski definition) is 2. The van der Waals surface area contributed by atoms with Crippen LogP contribution in [0, 0.1) is 18.3 Å². The van der Waals surface area contributed by atoms with Gasteiger partial charge < -0.3 is 10.4 Å². The van der Waals surface area contributed by atoms with E-state index in [1.54, 1.807) is 0 Å². The molecule has 0 aromatic rings. The second-order valence-electron chi connectivity index (χ2n) is 2.71. The Morgan fingerprint density at radius 3 is 2.82 bits per heavy atom. The molecule has 3 heteroatoms. The lowest BCUT2D eigenvalue weighted by Crippen LogP contribution is -2.47. The number of rotatable bonds is 3. The Morgan fingerprint density at radius 2 is 2.45 bits per heavy atom. The molecule has 3 nitrogen and oxygen atoms in total. The lowest BCUT2D eigenvalue weighted by atomic mass is 9.79. The van der Waals surface area contributed by atoms with Gasteiger partial charge in [0.25, 0.3) is 0 Å². The lowest BCUT2D eigenvalue weighted by Gasteiger charge is -2.33. The van der Waals surface area contributed by atoms with Crippen LogP contribution in [0.2, 0.25) is 0 Å². The quantitative estimate of drug-likeness (QED) is 0.564. The van der Waals surface area contributed by atoms with E-state index in [1.807, 2.05) is 0 Å². The zero-order chi connectivity index (χ0) is 8.27. The first-order valence-electron chi connectivity index (χ1n) is 3.65. The monoisotopic (exact) mass is 153 g/mol. The van der Waals surface area contributed by atoms with Gasteiger partial charge in [-0.1, -0.05) is 5.92 Å². The average Bonchev–Trinajstić information content (AvgIpc) is 1.84. The van der Waals surface area contributed by atoms with E-state index < -0.39 is 5.97 Å². The van der Waals surface area contributed by atoms with E-state index in [0.717, 1.165) is 12.8 Å². The first-order valence-corrected chi connectivity index (χ1v) is 3.65. The summed E-state index contributed by atoms with van der Waals surface area (Å²) in [5.41, 5.74) is 0. The minimum atomic E-state index is -0.717. The topological polar surface area (TPSA) is 49.3 Å². The van der Waals surface area contributed by atoms with Crippen molar-refractivity contribution in [1.82, 2.24) is 5.32 Å². The van der Waals surface area contributed by atoms with Crippen molar-refractivity contribution in [2.45, 2.75) is 18.9 Å². The predicted molar refractivity (Wildman–Crippen MR) is 41.0 cm³/mol. The summed E-state index contributed by atoms with van der Waals surface area (Å²) in [6, 6.07) is 0.101. The van der Waals surface area contributed by atoms with Gasteiger partial charge in [0, 0.05) is 6.04 Å². The van der Waals surface area contributed by atoms with Crippen molar-refractivity contribution < 1.29 is 9.90 Å². The van der Waals surface area contributed by atoms with Gasteiger partial charge in [-0.15, -0.1) is 6.42 Å². The third kappa shape index (κ3) is 1.72. The SMILES string of the molecule is C#CCNC1CCC1C(=O)O. The van der Waals surface area contributed by atoms with Crippen LogP contribution in [0.1, 0.15) is 12.8 Å². The van der Waals surface area contributed by atoms with Crippen LogP contribution in [0.5, 0.6) is 0 Å². The molecule has 11 heavy (non-hydrogen) atoms. The molecule has 0 aromatic heterocycles. The molecule has 0 spiro atoms. The summed E-state index contributed by atoms with van der Waals surface area (Å²) in [6.07, 6.45) is 6.72. The maximum atomic E-state index is 10.5. The molecule has 0 amide bonds. The largest absolute Gasteiger partial charge is 0.481 e. The number of carbonyl (C=O) groups is 1. The van der Waals surface area contributed by atoms with Crippen LogP contribution in [0.3, 0.4) is 0 Å². The summed E-state index contributed by atoms with van der Waals surface area (Å²) in [5.74, 6) is 1.49. The Balaban J connectivity index is 2.27. The number of hydrogen-bond acceptors (Lipinski definition) is 2. The van der Waals surface area contributed by atoms with Crippen molar-refractivity contribution in [2.75, 3.05) is 6.54 Å². The molecular formula is C8H11NO2. The number of nitrogens with one attached hydrogen (secondary N) is 1. The molecule has 0 aliphatic heterocycles. The molecule has 2 atom stereocenters. The van der Waals surface area contributed by atoms with Gasteiger partial charge in [-0.2, -0.15) is 0 Å². The summed E-state index contributed by atoms with van der Waals surface area (Å²) in [4.78, 5) is 10.5. The predicted octanol–water partition coefficient (Wildman–Crippen LogP) is 0.0724. The summed E-state index contributed by atoms with van der Waals surface area (Å²) in [7, 11) is 0. The molecule has 1 aliphatic carbocycles. The third-order valence-corrected chi connectivity index (χ3v) is 2.06. The number of carboxylic acids is 1. The maximum Gasteiger partial charge on any atom is 0.308 e. The molecule has 2 N–H and O–H groups in total. The van der Waals surface area contributed by atoms with Crippen LogP contribution < -0.4 is 5.32 Å². The highest BCUT2D eigenvalue weighted by Crippen LogP contribution is 2.27. The number of terminal acetylenes is 1. The highest BCUT2D eigenvalue weighted by Gasteiger charge is 2.35. The van der Waals surface area contributed by atoms with Crippen molar-refractivity contribution in [2.24, 2.45) is 5.92 Å². The standard InChI is InChI=1S/C8H11NO2/c1-2-5-9-7-4-3-6(7)8(10)11/h1,6-7,9H,3-5H2,(H,10,11). The molecule has 0 saturated heterocycles. The smallest absolute Gasteiger partial charge is 0.308 e. The molecule has 60 valence electrons. The van der Waals surface area contributed by atoms with E-state index in [9.17, 15) is 4.79 Å². The molecular weight excluding hydrogens is 142 g/mol. The Kier molecular flexibility index (Phi) is 2.50. The van der Waals surface area contributed by atoms with E-state index in [-0.39, 0.29) is 12.0 Å². The van der Waals surface area contributed by atoms with Gasteiger partial charge in [-0.3, -0.25) is 4.79 Å². The van der Waals surface area contributed by atoms with Gasteiger partial charge in [0.1, 0.15) is 0 Å². The Hall–Kier alpha value is -1.01. The molecule has 2 unspecified atom stereocenters. The fourth-order valence-corrected chi connectivity index (χ4v) is 1.23. The second kappa shape index (κ2) is 3.40. The van der Waals surface area contributed by atoms with Gasteiger partial charge in [0.2, 0.25) is 0 Å². The summed E-state index contributed by atoms with van der Waals surface area (Å²) in [6.45, 7) is 0.467. The first-order chi connectivity index (χ1) is 5.25. The zero-order valence-corrected chi connectivity index (χ0v) is 6.21. The normalized spacial score (nSPS) is 28.6. The van der Waals surface area contributed by atoms with Crippen LogP contribution in [-0.4, -0.2) is 23.7 Å². The molecule has 0 aromatic carbocycles. The molecule has 1 aliphatic rings. The first kappa shape index (κ1) is 8.09. The van der Waals surface area contributed by atoms with E-state index in [4.69, 9.17) is 11.5 Å². The Morgan fingerprint density at radius 1 is 1.73 bits per heavy atom. The summed E-state index contributed by atoms with van der Waals surface area (Å²) >= 11 is 0. The van der Waals surface area contributed by atoms with Gasteiger partial charge in [-0.25, -0.2) is 0 Å². The van der Waals surface area contributed by atoms with E-state index in [2.05, 4.69) is 11.2 Å². The van der Waals surface area contributed by atoms with E-state index in [1.165, 1.54) is 0 Å². The number of aliphatic carboxylic acids is 1. The van der Waals surface area contributed by atoms with Gasteiger partial charge >= 0.3 is 5.97 Å².